The molecule has 26 heavy (non-hydrogen) atoms. The van der Waals surface area contributed by atoms with E-state index in [9.17, 15) is 14.4 Å². The Kier molecular flexibility index (Phi) is 6.73. The van der Waals surface area contributed by atoms with Gasteiger partial charge in [0.15, 0.2) is 13.2 Å². The van der Waals surface area contributed by atoms with E-state index in [1.807, 2.05) is 25.1 Å². The number of ether oxygens (including phenoxy) is 2. The monoisotopic (exact) mass is 356 g/mol. The second kappa shape index (κ2) is 9.22. The van der Waals surface area contributed by atoms with Crippen LogP contribution in [0.2, 0.25) is 0 Å². The van der Waals surface area contributed by atoms with Crippen molar-refractivity contribution in [1.82, 2.24) is 0 Å². The van der Waals surface area contributed by atoms with Crippen LogP contribution in [0.25, 0.3) is 0 Å². The number of benzene rings is 2. The molecule has 0 atom stereocenters. The lowest BCUT2D eigenvalue weighted by atomic mass is 10.1. The minimum atomic E-state index is -0.732. The van der Waals surface area contributed by atoms with Crippen LogP contribution in [0.15, 0.2) is 48.5 Å². The standard InChI is InChI=1S/C19H20N2O5/c1-2-13-7-3-5-9-15(13)21-18(23)12-26-19(24)14-8-4-6-10-16(14)25-11-17(20)22/h3-10H,2,11-12H2,1H3,(H2,20,22)(H,21,23). The Morgan fingerprint density at radius 1 is 1.00 bits per heavy atom. The molecule has 0 aliphatic heterocycles. The van der Waals surface area contributed by atoms with Gasteiger partial charge in [-0.3, -0.25) is 9.59 Å². The zero-order valence-corrected chi connectivity index (χ0v) is 14.4. The highest BCUT2D eigenvalue weighted by molar-refractivity contribution is 5.97. The maximum Gasteiger partial charge on any atom is 0.342 e. The predicted octanol–water partition coefficient (Wildman–Crippen LogP) is 1.91. The predicted molar refractivity (Wildman–Crippen MR) is 95.9 cm³/mol. The molecule has 0 saturated heterocycles. The maximum atomic E-state index is 12.2. The lowest BCUT2D eigenvalue weighted by Gasteiger charge is -2.11. The molecule has 0 bridgehead atoms. The number of aryl methyl sites for hydroxylation is 1. The van der Waals surface area contributed by atoms with E-state index in [1.54, 1.807) is 18.2 Å². The van der Waals surface area contributed by atoms with Crippen LogP contribution in [0.3, 0.4) is 0 Å². The lowest BCUT2D eigenvalue weighted by molar-refractivity contribution is -0.120. The summed E-state index contributed by atoms with van der Waals surface area (Å²) < 4.78 is 10.2. The van der Waals surface area contributed by atoms with Crippen LogP contribution in [0.1, 0.15) is 22.8 Å². The molecule has 0 heterocycles. The van der Waals surface area contributed by atoms with Gasteiger partial charge in [-0.1, -0.05) is 37.3 Å². The number of esters is 1. The Labute approximate surface area is 151 Å². The first-order chi connectivity index (χ1) is 12.5. The van der Waals surface area contributed by atoms with E-state index in [1.165, 1.54) is 12.1 Å². The first-order valence-electron chi connectivity index (χ1n) is 8.06. The zero-order valence-electron chi connectivity index (χ0n) is 14.4. The summed E-state index contributed by atoms with van der Waals surface area (Å²) in [5.41, 5.74) is 6.80. The molecule has 7 nitrogen and oxygen atoms in total. The second-order valence-electron chi connectivity index (χ2n) is 5.39. The molecular weight excluding hydrogens is 336 g/mol. The highest BCUT2D eigenvalue weighted by atomic mass is 16.5. The summed E-state index contributed by atoms with van der Waals surface area (Å²) in [6.07, 6.45) is 0.765. The van der Waals surface area contributed by atoms with E-state index in [2.05, 4.69) is 5.32 Å². The third-order valence-corrected chi connectivity index (χ3v) is 3.48. The molecule has 0 aromatic heterocycles. The number of carbonyl (C=O) groups is 3. The van der Waals surface area contributed by atoms with E-state index in [0.29, 0.717) is 5.69 Å². The number of hydrogen-bond donors (Lipinski definition) is 2. The summed E-state index contributed by atoms with van der Waals surface area (Å²) >= 11 is 0. The quantitative estimate of drug-likeness (QED) is 0.703. The fraction of sp³-hybridized carbons (Fsp3) is 0.211. The van der Waals surface area contributed by atoms with Crippen LogP contribution in [0.4, 0.5) is 5.69 Å². The SMILES string of the molecule is CCc1ccccc1NC(=O)COC(=O)c1ccccc1OCC(N)=O. The smallest absolute Gasteiger partial charge is 0.342 e. The molecule has 7 heteroatoms. The Morgan fingerprint density at radius 3 is 2.42 bits per heavy atom. The molecule has 0 unspecified atom stereocenters. The molecule has 2 aromatic carbocycles. The molecule has 3 N–H and O–H groups in total. The molecule has 2 amide bonds. The van der Waals surface area contributed by atoms with Gasteiger partial charge in [-0.25, -0.2) is 4.79 Å². The van der Waals surface area contributed by atoms with Gasteiger partial charge in [0, 0.05) is 5.69 Å². The molecule has 2 rings (SSSR count). The maximum absolute atomic E-state index is 12.2. The highest BCUT2D eigenvalue weighted by Gasteiger charge is 2.16. The third-order valence-electron chi connectivity index (χ3n) is 3.48. The number of para-hydroxylation sites is 2. The fourth-order valence-corrected chi connectivity index (χ4v) is 2.26. The molecular formula is C19H20N2O5. The Morgan fingerprint density at radius 2 is 1.69 bits per heavy atom. The van der Waals surface area contributed by atoms with Crippen molar-refractivity contribution >= 4 is 23.5 Å². The lowest BCUT2D eigenvalue weighted by Crippen LogP contribution is -2.23. The largest absolute Gasteiger partial charge is 0.483 e. The topological polar surface area (TPSA) is 108 Å². The van der Waals surface area contributed by atoms with Crippen LogP contribution < -0.4 is 15.8 Å². The van der Waals surface area contributed by atoms with Gasteiger partial charge in [-0.05, 0) is 30.2 Å². The molecule has 0 aliphatic rings. The van der Waals surface area contributed by atoms with Crippen LogP contribution in [-0.2, 0) is 20.7 Å². The van der Waals surface area contributed by atoms with Crippen molar-refractivity contribution in [2.75, 3.05) is 18.5 Å². The van der Waals surface area contributed by atoms with Gasteiger partial charge in [-0.2, -0.15) is 0 Å². The first-order valence-corrected chi connectivity index (χ1v) is 8.06. The summed E-state index contributed by atoms with van der Waals surface area (Å²) in [7, 11) is 0. The molecule has 0 saturated carbocycles. The molecule has 0 fully saturated rings. The van der Waals surface area contributed by atoms with Crippen LogP contribution in [-0.4, -0.2) is 31.0 Å². The van der Waals surface area contributed by atoms with Gasteiger partial charge in [-0.15, -0.1) is 0 Å². The number of primary amides is 1. The molecule has 136 valence electrons. The van der Waals surface area contributed by atoms with Gasteiger partial charge in [0.05, 0.1) is 0 Å². The Bertz CT molecular complexity index is 804. The van der Waals surface area contributed by atoms with Crippen LogP contribution in [0, 0.1) is 0 Å². The van der Waals surface area contributed by atoms with Gasteiger partial charge in [0.25, 0.3) is 11.8 Å². The average molecular weight is 356 g/mol. The van der Waals surface area contributed by atoms with Gasteiger partial charge in [0.2, 0.25) is 0 Å². The van der Waals surface area contributed by atoms with Crippen molar-refractivity contribution in [2.45, 2.75) is 13.3 Å². The minimum absolute atomic E-state index is 0.107. The third kappa shape index (κ3) is 5.34. The minimum Gasteiger partial charge on any atom is -0.483 e. The fourth-order valence-electron chi connectivity index (χ4n) is 2.26. The van der Waals surface area contributed by atoms with E-state index in [0.717, 1.165) is 12.0 Å². The van der Waals surface area contributed by atoms with Crippen molar-refractivity contribution < 1.29 is 23.9 Å². The van der Waals surface area contributed by atoms with Crippen molar-refractivity contribution in [2.24, 2.45) is 5.73 Å². The number of nitrogens with one attached hydrogen (secondary N) is 1. The Balaban J connectivity index is 1.96. The number of carbonyl (C=O) groups excluding carboxylic acids is 3. The van der Waals surface area contributed by atoms with Crippen LogP contribution >= 0.6 is 0 Å². The number of amides is 2. The van der Waals surface area contributed by atoms with Gasteiger partial charge >= 0.3 is 5.97 Å². The summed E-state index contributed by atoms with van der Waals surface area (Å²) in [4.78, 5) is 35.1. The van der Waals surface area contributed by atoms with Crippen molar-refractivity contribution in [3.05, 3.63) is 59.7 Å². The first kappa shape index (κ1) is 19.0. The average Bonchev–Trinajstić information content (AvgIpc) is 2.65. The van der Waals surface area contributed by atoms with E-state index in [4.69, 9.17) is 15.2 Å². The van der Waals surface area contributed by atoms with Gasteiger partial charge < -0.3 is 20.5 Å². The number of anilines is 1. The van der Waals surface area contributed by atoms with E-state index in [-0.39, 0.29) is 17.9 Å². The summed E-state index contributed by atoms with van der Waals surface area (Å²) in [6, 6.07) is 13.6. The molecule has 2 aromatic rings. The molecule has 0 radical (unpaired) electrons. The summed E-state index contributed by atoms with van der Waals surface area (Å²) in [5, 5.41) is 2.71. The normalized spacial score (nSPS) is 10.0. The van der Waals surface area contributed by atoms with E-state index >= 15 is 0 Å². The number of rotatable bonds is 8. The van der Waals surface area contributed by atoms with Crippen molar-refractivity contribution in [3.8, 4) is 5.75 Å². The number of nitrogens with two attached hydrogens (primary N) is 1. The number of hydrogen-bond acceptors (Lipinski definition) is 5. The van der Waals surface area contributed by atoms with Crippen molar-refractivity contribution in [1.29, 1.82) is 0 Å². The van der Waals surface area contributed by atoms with E-state index < -0.39 is 24.4 Å². The van der Waals surface area contributed by atoms with Crippen molar-refractivity contribution in [3.63, 3.8) is 0 Å². The highest BCUT2D eigenvalue weighted by Crippen LogP contribution is 2.19. The summed E-state index contributed by atoms with van der Waals surface area (Å²) in [5.74, 6) is -1.69. The molecule has 0 spiro atoms. The summed E-state index contributed by atoms with van der Waals surface area (Å²) in [6.45, 7) is 1.17. The van der Waals surface area contributed by atoms with Gasteiger partial charge in [0.1, 0.15) is 11.3 Å². The van der Waals surface area contributed by atoms with Crippen LogP contribution in [0.5, 0.6) is 5.75 Å². The molecule has 0 aliphatic carbocycles. The zero-order chi connectivity index (χ0) is 18.9. The Hall–Kier alpha value is -3.35. The second-order valence-corrected chi connectivity index (χ2v) is 5.39.